The predicted octanol–water partition coefficient (Wildman–Crippen LogP) is 5.96. The van der Waals surface area contributed by atoms with Gasteiger partial charge in [-0.25, -0.2) is 0 Å². The summed E-state index contributed by atoms with van der Waals surface area (Å²) in [6.07, 6.45) is 15.7. The first-order valence-corrected chi connectivity index (χ1v) is 12.6. The molecule has 4 rings (SSSR count). The molecule has 0 aromatic heterocycles. The van der Waals surface area contributed by atoms with Gasteiger partial charge in [-0.3, -0.25) is 4.79 Å². The van der Waals surface area contributed by atoms with Crippen molar-refractivity contribution in [2.45, 2.75) is 64.2 Å². The number of nitrogens with zero attached hydrogens (tertiary/aromatic N) is 1. The van der Waals surface area contributed by atoms with Crippen LogP contribution in [0.25, 0.3) is 0 Å². The molecule has 1 amide bonds. The van der Waals surface area contributed by atoms with Gasteiger partial charge in [0.2, 0.25) is 5.91 Å². The lowest BCUT2D eigenvalue weighted by molar-refractivity contribution is -0.129. The lowest BCUT2D eigenvalue weighted by Crippen LogP contribution is -2.50. The summed E-state index contributed by atoms with van der Waals surface area (Å²) in [6, 6.07) is 7.78. The van der Waals surface area contributed by atoms with Gasteiger partial charge in [0.25, 0.3) is 0 Å². The molecule has 1 aliphatic heterocycles. The van der Waals surface area contributed by atoms with Crippen molar-refractivity contribution >= 4 is 17.5 Å². The van der Waals surface area contributed by atoms with Gasteiger partial charge in [-0.05, 0) is 92.8 Å². The van der Waals surface area contributed by atoms with E-state index < -0.39 is 5.41 Å². The minimum Gasteiger partial charge on any atom is -0.334 e. The van der Waals surface area contributed by atoms with Crippen LogP contribution >= 0.6 is 11.6 Å². The van der Waals surface area contributed by atoms with Crippen LogP contribution in [0.15, 0.2) is 71.2 Å². The molecular formula is C28H36ClN3O. The van der Waals surface area contributed by atoms with Gasteiger partial charge in [-0.2, -0.15) is 0 Å². The van der Waals surface area contributed by atoms with E-state index >= 15 is 0 Å². The Kier molecular flexibility index (Phi) is 7.45. The predicted molar refractivity (Wildman–Crippen MR) is 137 cm³/mol. The largest absolute Gasteiger partial charge is 0.334 e. The van der Waals surface area contributed by atoms with Crippen LogP contribution in [0.1, 0.15) is 64.4 Å². The molecule has 0 radical (unpaired) electrons. The summed E-state index contributed by atoms with van der Waals surface area (Å²) in [5.41, 5.74) is 10.6. The molecule has 0 bridgehead atoms. The molecule has 33 heavy (non-hydrogen) atoms. The molecule has 3 N–H and O–H groups in total. The SMILES string of the molecule is CC1=CC=C(C2=CN(CCCN)C(NC(=O)C3(c4cccc(Cl)c4)CCC3)=CCC2C)CC1. The molecule has 1 unspecified atom stereocenters. The van der Waals surface area contributed by atoms with Gasteiger partial charge in [0.05, 0.1) is 5.41 Å². The molecule has 3 aliphatic rings. The van der Waals surface area contributed by atoms with Crippen molar-refractivity contribution in [3.8, 4) is 0 Å². The summed E-state index contributed by atoms with van der Waals surface area (Å²) in [5.74, 6) is 1.34. The third kappa shape index (κ3) is 5.12. The lowest BCUT2D eigenvalue weighted by atomic mass is 9.64. The second-order valence-electron chi connectivity index (χ2n) is 9.75. The van der Waals surface area contributed by atoms with Crippen molar-refractivity contribution < 1.29 is 4.79 Å². The number of hydrogen-bond acceptors (Lipinski definition) is 3. The Bertz CT molecular complexity index is 1020. The highest BCUT2D eigenvalue weighted by Gasteiger charge is 2.46. The standard InChI is InChI=1S/C28H36ClN3O/c1-20-8-11-22(12-9-20)25-19-32(17-5-16-30)26(13-10-21(25)2)31-27(33)28(14-4-15-28)23-6-3-7-24(29)18-23/h3,6-8,11,13,18-19,21H,4-5,9-10,12,14-17,30H2,1-2H3,(H,31,33). The number of carbonyl (C=O) groups excluding carboxylic acids is 1. The van der Waals surface area contributed by atoms with Crippen LogP contribution in [-0.4, -0.2) is 23.9 Å². The molecule has 1 aromatic carbocycles. The molecule has 0 spiro atoms. The Morgan fingerprint density at radius 1 is 1.27 bits per heavy atom. The van der Waals surface area contributed by atoms with E-state index in [4.69, 9.17) is 17.3 Å². The Morgan fingerprint density at radius 3 is 2.73 bits per heavy atom. The van der Waals surface area contributed by atoms with Gasteiger partial charge in [0.1, 0.15) is 5.82 Å². The number of allylic oxidation sites excluding steroid dienone is 6. The van der Waals surface area contributed by atoms with E-state index in [0.717, 1.165) is 62.9 Å². The fraction of sp³-hybridized carbons (Fsp3) is 0.464. The van der Waals surface area contributed by atoms with E-state index in [-0.39, 0.29) is 5.91 Å². The maximum atomic E-state index is 13.7. The molecule has 1 saturated carbocycles. The van der Waals surface area contributed by atoms with E-state index in [9.17, 15) is 4.79 Å². The summed E-state index contributed by atoms with van der Waals surface area (Å²) >= 11 is 6.27. The highest BCUT2D eigenvalue weighted by molar-refractivity contribution is 6.30. The van der Waals surface area contributed by atoms with E-state index in [1.54, 1.807) is 0 Å². The molecule has 1 aromatic rings. The van der Waals surface area contributed by atoms with Crippen molar-refractivity contribution in [1.82, 2.24) is 10.2 Å². The second-order valence-corrected chi connectivity index (χ2v) is 10.2. The first-order valence-electron chi connectivity index (χ1n) is 12.3. The second kappa shape index (κ2) is 10.3. The number of amides is 1. The first kappa shape index (κ1) is 23.8. The fourth-order valence-corrected chi connectivity index (χ4v) is 5.24. The number of carbonyl (C=O) groups is 1. The molecule has 1 atom stereocenters. The normalized spacial score (nSPS) is 22.3. The number of nitrogens with two attached hydrogens (primary N) is 1. The molecule has 2 aliphatic carbocycles. The number of halogens is 1. The monoisotopic (exact) mass is 465 g/mol. The Hall–Kier alpha value is -2.30. The van der Waals surface area contributed by atoms with Crippen molar-refractivity contribution in [3.05, 3.63) is 81.8 Å². The zero-order valence-corrected chi connectivity index (χ0v) is 20.6. The molecule has 1 fully saturated rings. The minimum absolute atomic E-state index is 0.0694. The highest BCUT2D eigenvalue weighted by atomic mass is 35.5. The van der Waals surface area contributed by atoms with Gasteiger partial charge >= 0.3 is 0 Å². The number of hydrogen-bond donors (Lipinski definition) is 2. The third-order valence-electron chi connectivity index (χ3n) is 7.39. The van der Waals surface area contributed by atoms with E-state index in [2.05, 4.69) is 48.5 Å². The van der Waals surface area contributed by atoms with E-state index in [0.29, 0.717) is 17.5 Å². The number of nitrogens with one attached hydrogen (secondary N) is 1. The lowest BCUT2D eigenvalue weighted by Gasteiger charge is -2.41. The summed E-state index contributed by atoms with van der Waals surface area (Å²) in [4.78, 5) is 15.9. The quantitative estimate of drug-likeness (QED) is 0.522. The minimum atomic E-state index is -0.496. The van der Waals surface area contributed by atoms with Crippen LogP contribution in [0.5, 0.6) is 0 Å². The average Bonchev–Trinajstić information content (AvgIpc) is 2.91. The van der Waals surface area contributed by atoms with Crippen LogP contribution < -0.4 is 11.1 Å². The van der Waals surface area contributed by atoms with Gasteiger partial charge in [-0.15, -0.1) is 0 Å². The van der Waals surface area contributed by atoms with E-state index in [1.165, 1.54) is 16.7 Å². The maximum absolute atomic E-state index is 13.7. The topological polar surface area (TPSA) is 58.4 Å². The van der Waals surface area contributed by atoms with Crippen molar-refractivity contribution in [2.75, 3.05) is 13.1 Å². The van der Waals surface area contributed by atoms with Crippen molar-refractivity contribution in [1.29, 1.82) is 0 Å². The highest BCUT2D eigenvalue weighted by Crippen LogP contribution is 2.45. The molecule has 0 saturated heterocycles. The zero-order chi connectivity index (χ0) is 23.4. The smallest absolute Gasteiger partial charge is 0.236 e. The first-order chi connectivity index (χ1) is 15.9. The van der Waals surface area contributed by atoms with Crippen LogP contribution in [-0.2, 0) is 10.2 Å². The summed E-state index contributed by atoms with van der Waals surface area (Å²) < 4.78 is 0. The van der Waals surface area contributed by atoms with Gasteiger partial charge in [0, 0.05) is 17.8 Å². The molecule has 1 heterocycles. The molecule has 176 valence electrons. The Balaban J connectivity index is 1.61. The van der Waals surface area contributed by atoms with Crippen molar-refractivity contribution in [3.63, 3.8) is 0 Å². The average molecular weight is 466 g/mol. The van der Waals surface area contributed by atoms with E-state index in [1.807, 2.05) is 24.3 Å². The fourth-order valence-electron chi connectivity index (χ4n) is 5.05. The number of rotatable bonds is 7. The van der Waals surface area contributed by atoms with Crippen LogP contribution in [0, 0.1) is 5.92 Å². The Labute approximate surface area is 203 Å². The maximum Gasteiger partial charge on any atom is 0.236 e. The van der Waals surface area contributed by atoms with Crippen LogP contribution in [0.4, 0.5) is 0 Å². The zero-order valence-electron chi connectivity index (χ0n) is 19.9. The van der Waals surface area contributed by atoms with Gasteiger partial charge < -0.3 is 16.0 Å². The summed E-state index contributed by atoms with van der Waals surface area (Å²) in [7, 11) is 0. The number of benzene rings is 1. The van der Waals surface area contributed by atoms with Crippen LogP contribution in [0.2, 0.25) is 5.02 Å². The third-order valence-corrected chi connectivity index (χ3v) is 7.63. The van der Waals surface area contributed by atoms with Crippen LogP contribution in [0.3, 0.4) is 0 Å². The molecule has 5 heteroatoms. The van der Waals surface area contributed by atoms with Crippen molar-refractivity contribution in [2.24, 2.45) is 11.7 Å². The molecule has 4 nitrogen and oxygen atoms in total. The van der Waals surface area contributed by atoms with Gasteiger partial charge in [0.15, 0.2) is 0 Å². The Morgan fingerprint density at radius 2 is 2.09 bits per heavy atom. The van der Waals surface area contributed by atoms with Gasteiger partial charge in [-0.1, -0.05) is 54.8 Å². The summed E-state index contributed by atoms with van der Waals surface area (Å²) in [6.45, 7) is 5.87. The molecular weight excluding hydrogens is 430 g/mol. The summed E-state index contributed by atoms with van der Waals surface area (Å²) in [5, 5.41) is 4.00.